The van der Waals surface area contributed by atoms with Crippen molar-refractivity contribution in [2.45, 2.75) is 109 Å². The van der Waals surface area contributed by atoms with Crippen molar-refractivity contribution in [1.82, 2.24) is 0 Å². The van der Waals surface area contributed by atoms with Gasteiger partial charge in [-0.15, -0.1) is 0 Å². The number of halogens is 6. The zero-order chi connectivity index (χ0) is 30.9. The van der Waals surface area contributed by atoms with Crippen LogP contribution in [0.2, 0.25) is 0 Å². The lowest BCUT2D eigenvalue weighted by atomic mass is 10.1. The van der Waals surface area contributed by atoms with Crippen LogP contribution in [0.15, 0.2) is 0 Å². The molecule has 0 aliphatic carbocycles. The molecule has 0 aromatic heterocycles. The van der Waals surface area contributed by atoms with Crippen LogP contribution in [-0.2, 0) is 33.3 Å². The fourth-order valence-corrected chi connectivity index (χ4v) is 9.17. The molecule has 0 saturated carbocycles. The number of alkyl halides is 6. The third kappa shape index (κ3) is 12.9. The zero-order valence-corrected chi connectivity index (χ0v) is 26.1. The Morgan fingerprint density at radius 1 is 0.718 bits per heavy atom. The molecule has 236 valence electrons. The topological polar surface area (TPSA) is 110 Å². The van der Waals surface area contributed by atoms with E-state index in [1.54, 1.807) is 0 Å². The largest absolute Gasteiger partial charge is 0.559 e. The Morgan fingerprint density at radius 2 is 1.03 bits per heavy atom. The molecule has 0 bridgehead atoms. The lowest BCUT2D eigenvalue weighted by molar-refractivity contribution is -0.906. The summed E-state index contributed by atoms with van der Waals surface area (Å²) in [7, 11) is -13.8. The van der Waals surface area contributed by atoms with Crippen molar-refractivity contribution < 1.29 is 60.9 Å². The van der Waals surface area contributed by atoms with Gasteiger partial charge in [0.1, 0.15) is 6.17 Å². The van der Waals surface area contributed by atoms with Crippen LogP contribution in [0.3, 0.4) is 0 Å². The third-order valence-corrected chi connectivity index (χ3v) is 12.3. The summed E-state index contributed by atoms with van der Waals surface area (Å²) in [4.78, 5) is 0. The Morgan fingerprint density at radius 3 is 1.28 bits per heavy atom. The number of sulfonamides is 2. The van der Waals surface area contributed by atoms with Crippen molar-refractivity contribution in [2.24, 2.45) is 0 Å². The molecule has 0 radical (unpaired) electrons. The molecule has 1 fully saturated rings. The minimum absolute atomic E-state index is 0.182. The van der Waals surface area contributed by atoms with Crippen LogP contribution < -0.4 is 0 Å². The Bertz CT molecular complexity index is 870. The summed E-state index contributed by atoms with van der Waals surface area (Å²) in [6.07, 6.45) is 8.39. The van der Waals surface area contributed by atoms with Gasteiger partial charge in [0.2, 0.25) is 0 Å². The molecule has 3 atom stereocenters. The predicted octanol–water partition coefficient (Wildman–Crippen LogP) is 5.60. The van der Waals surface area contributed by atoms with E-state index in [1.165, 1.54) is 32.4 Å². The van der Waals surface area contributed by atoms with Crippen molar-refractivity contribution in [1.29, 1.82) is 0 Å². The molecule has 39 heavy (non-hydrogen) atoms. The molecule has 3 unspecified atom stereocenters. The Kier molecular flexibility index (Phi) is 14.9. The lowest BCUT2D eigenvalue weighted by Crippen LogP contribution is -2.65. The molecular formula is C21H42F6N2O7S2Si. The molecule has 9 nitrogen and oxygen atoms in total. The zero-order valence-electron chi connectivity index (χ0n) is 23.4. The van der Waals surface area contributed by atoms with Crippen molar-refractivity contribution in [3.63, 3.8) is 0 Å². The first-order chi connectivity index (χ1) is 17.5. The Labute approximate surface area is 229 Å². The fraction of sp³-hybridized carbons (Fsp3) is 1.00. The monoisotopic (exact) mass is 640 g/mol. The summed E-state index contributed by atoms with van der Waals surface area (Å²) < 4.78 is 130. The summed E-state index contributed by atoms with van der Waals surface area (Å²) in [5.41, 5.74) is -12.4. The molecular weight excluding hydrogens is 598 g/mol. The minimum atomic E-state index is -6.72. The van der Waals surface area contributed by atoms with E-state index < -0.39 is 39.9 Å². The molecule has 1 heterocycles. The van der Waals surface area contributed by atoms with E-state index in [0.717, 1.165) is 34.0 Å². The second kappa shape index (κ2) is 15.1. The van der Waals surface area contributed by atoms with Crippen molar-refractivity contribution >= 4 is 28.9 Å². The number of rotatable bonds is 13. The highest BCUT2D eigenvalue weighted by molar-refractivity contribution is 8.13. The van der Waals surface area contributed by atoms with Crippen LogP contribution in [0.25, 0.3) is 4.13 Å². The number of likely N-dealkylation sites (tertiary alicyclic amines) is 1. The second-order valence-corrected chi connectivity index (χ2v) is 15.7. The first-order valence-electron chi connectivity index (χ1n) is 12.7. The average Bonchev–Trinajstić information content (AvgIpc) is 2.77. The summed E-state index contributed by atoms with van der Waals surface area (Å²) in [5, 5.41) is 0. The van der Waals surface area contributed by atoms with Gasteiger partial charge in [-0.1, -0.05) is 20.8 Å². The van der Waals surface area contributed by atoms with Gasteiger partial charge in [-0.3, -0.25) is 0 Å². The predicted molar refractivity (Wildman–Crippen MR) is 136 cm³/mol. The lowest BCUT2D eigenvalue weighted by Gasteiger charge is -2.44. The van der Waals surface area contributed by atoms with E-state index in [0.29, 0.717) is 0 Å². The van der Waals surface area contributed by atoms with E-state index in [4.69, 9.17) is 13.3 Å². The molecule has 1 aliphatic rings. The van der Waals surface area contributed by atoms with E-state index in [-0.39, 0.29) is 18.3 Å². The molecule has 0 N–H and O–H groups in total. The number of nitrogens with zero attached hydrogens (tertiary/aromatic N) is 2. The van der Waals surface area contributed by atoms with E-state index >= 15 is 0 Å². The minimum Gasteiger partial charge on any atom is -0.421 e. The van der Waals surface area contributed by atoms with E-state index in [9.17, 15) is 43.2 Å². The molecule has 1 rings (SSSR count). The van der Waals surface area contributed by atoms with Gasteiger partial charge in [0, 0.05) is 18.3 Å². The maximum Gasteiger partial charge on any atom is 0.559 e. The molecule has 0 amide bonds. The van der Waals surface area contributed by atoms with Crippen LogP contribution in [0, 0.1) is 0 Å². The number of hydrogen-bond donors (Lipinski definition) is 0. The van der Waals surface area contributed by atoms with E-state index in [1.807, 2.05) is 0 Å². The molecule has 18 heteroatoms. The van der Waals surface area contributed by atoms with Crippen molar-refractivity contribution in [3.05, 3.63) is 4.13 Å². The highest BCUT2D eigenvalue weighted by Gasteiger charge is 2.52. The average molecular weight is 641 g/mol. The SMILES string of the molecule is CCC(C)O[Si](C[N+]1(C)CCCCC1)(OC(C)CC)OC(C)CC.O=S(=O)([N-]S(=O)(=O)C(F)(F)F)C(F)(F)F. The van der Waals surface area contributed by atoms with Gasteiger partial charge in [-0.2, -0.15) is 26.3 Å². The number of quaternary nitrogens is 1. The normalized spacial score (nSPS) is 20.7. The van der Waals surface area contributed by atoms with Crippen LogP contribution >= 0.6 is 0 Å². The highest BCUT2D eigenvalue weighted by atomic mass is 32.3. The van der Waals surface area contributed by atoms with Crippen LogP contribution in [0.5, 0.6) is 0 Å². The third-order valence-electron chi connectivity index (χ3n) is 6.12. The maximum atomic E-state index is 11.4. The summed E-state index contributed by atoms with van der Waals surface area (Å²) >= 11 is 0. The molecule has 0 aromatic rings. The summed E-state index contributed by atoms with van der Waals surface area (Å²) in [6.45, 7) is 15.4. The summed E-state index contributed by atoms with van der Waals surface area (Å²) in [5.74, 6) is 0. The first-order valence-corrected chi connectivity index (χ1v) is 17.5. The van der Waals surface area contributed by atoms with Crippen molar-refractivity contribution in [2.75, 3.05) is 26.3 Å². The van der Waals surface area contributed by atoms with Crippen molar-refractivity contribution in [3.8, 4) is 0 Å². The van der Waals surface area contributed by atoms with Crippen LogP contribution in [0.4, 0.5) is 26.3 Å². The van der Waals surface area contributed by atoms with Gasteiger partial charge in [-0.05, 0) is 59.3 Å². The highest BCUT2D eigenvalue weighted by Crippen LogP contribution is 2.36. The van der Waals surface area contributed by atoms with Gasteiger partial charge in [0.05, 0.1) is 20.1 Å². The standard InChI is InChI=1S/C19H42NO3Si.C2F6NO4S2/c1-8-17(4)21-24(22-18(5)9-2,23-19(6)10-3)16-20(7)14-12-11-13-15-20;3-1(4,5)14(10,11)9-15(12,13)2(6,7)8/h17-19H,8-16H2,1-7H3;/q+1;-1. The molecule has 1 saturated heterocycles. The Hall–Kier alpha value is -0.503. The first kappa shape index (κ1) is 38.5. The van der Waals surface area contributed by atoms with Crippen LogP contribution in [-0.4, -0.2) is 85.8 Å². The van der Waals surface area contributed by atoms with Gasteiger partial charge >= 0.3 is 19.8 Å². The van der Waals surface area contributed by atoms with Gasteiger partial charge < -0.3 is 21.9 Å². The number of hydrogen-bond acceptors (Lipinski definition) is 7. The molecule has 0 aromatic carbocycles. The second-order valence-electron chi connectivity index (χ2n) is 9.89. The fourth-order valence-electron chi connectivity index (χ4n) is 3.48. The molecule has 0 spiro atoms. The van der Waals surface area contributed by atoms with Gasteiger partial charge in [0.25, 0.3) is 0 Å². The smallest absolute Gasteiger partial charge is 0.421 e. The maximum absolute atomic E-state index is 11.4. The van der Waals surface area contributed by atoms with Gasteiger partial charge in [-0.25, -0.2) is 16.8 Å². The summed E-state index contributed by atoms with van der Waals surface area (Å²) in [6, 6.07) is 0. The quantitative estimate of drug-likeness (QED) is 0.146. The molecule has 1 aliphatic heterocycles. The Balaban J connectivity index is 0.000000830. The van der Waals surface area contributed by atoms with Crippen LogP contribution in [0.1, 0.15) is 80.1 Å². The van der Waals surface area contributed by atoms with E-state index in [2.05, 4.69) is 48.6 Å². The number of piperidine rings is 1. The van der Waals surface area contributed by atoms with Gasteiger partial charge in [0.15, 0.2) is 20.0 Å².